The average molecular weight is 518 g/mol. The third-order valence-corrected chi connectivity index (χ3v) is 8.43. The fraction of sp³-hybridized carbons (Fsp3) is 0.676. The number of aromatic nitrogens is 2. The highest BCUT2D eigenvalue weighted by Crippen LogP contribution is 2.42. The molecule has 0 unspecified atom stereocenters. The Hall–Kier alpha value is -2.41. The van der Waals surface area contributed by atoms with Gasteiger partial charge in [0.2, 0.25) is 0 Å². The number of benzene rings is 1. The van der Waals surface area contributed by atoms with E-state index in [9.17, 15) is 5.26 Å². The van der Waals surface area contributed by atoms with Crippen LogP contribution in [0.2, 0.25) is 0 Å². The molecule has 1 saturated carbocycles. The lowest BCUT2D eigenvalue weighted by atomic mass is 9.69. The molecule has 3 rings (SSSR count). The van der Waals surface area contributed by atoms with Crippen molar-refractivity contribution in [3.05, 3.63) is 42.2 Å². The van der Waals surface area contributed by atoms with Gasteiger partial charge in [-0.3, -0.25) is 0 Å². The first-order chi connectivity index (χ1) is 18.7. The summed E-state index contributed by atoms with van der Waals surface area (Å²) >= 11 is 0. The molecule has 1 fully saturated rings. The molecule has 0 radical (unpaired) electrons. The summed E-state index contributed by atoms with van der Waals surface area (Å²) in [6.45, 7) is 5.25. The topological polar surface area (TPSA) is 58.8 Å². The van der Waals surface area contributed by atoms with Crippen LogP contribution in [0.25, 0.3) is 11.4 Å². The monoisotopic (exact) mass is 517 g/mol. The molecule has 0 bridgehead atoms. The number of rotatable bonds is 18. The SMILES string of the molecule is CCCCCCCCc1cnc(-c2ccc(OCC3CCC(C#N)(CCCCCCCC)CC3)cc2)nc1. The van der Waals surface area contributed by atoms with Crippen molar-refractivity contribution in [3.63, 3.8) is 0 Å². The number of unbranched alkanes of at least 4 members (excludes halogenated alkanes) is 10. The first kappa shape index (κ1) is 30.1. The molecule has 1 aromatic heterocycles. The molecule has 0 aliphatic heterocycles. The van der Waals surface area contributed by atoms with E-state index < -0.39 is 0 Å². The average Bonchev–Trinajstić information content (AvgIpc) is 2.97. The quantitative estimate of drug-likeness (QED) is 0.185. The molecule has 0 N–H and O–H groups in total. The van der Waals surface area contributed by atoms with Crippen molar-refractivity contribution in [2.24, 2.45) is 11.3 Å². The van der Waals surface area contributed by atoms with E-state index in [1.54, 1.807) is 0 Å². The van der Waals surface area contributed by atoms with Crippen LogP contribution in [0.5, 0.6) is 5.75 Å². The summed E-state index contributed by atoms with van der Waals surface area (Å²) in [6, 6.07) is 10.9. The number of hydrogen-bond acceptors (Lipinski definition) is 4. The van der Waals surface area contributed by atoms with Gasteiger partial charge >= 0.3 is 0 Å². The normalized spacial score (nSPS) is 19.2. The van der Waals surface area contributed by atoms with Crippen molar-refractivity contribution < 1.29 is 4.74 Å². The molecule has 0 saturated heterocycles. The van der Waals surface area contributed by atoms with Gasteiger partial charge in [-0.1, -0.05) is 84.5 Å². The van der Waals surface area contributed by atoms with Gasteiger partial charge in [-0.25, -0.2) is 9.97 Å². The third-order valence-electron chi connectivity index (χ3n) is 8.43. The number of nitrogens with zero attached hydrogens (tertiary/aromatic N) is 3. The lowest BCUT2D eigenvalue weighted by Gasteiger charge is -2.35. The van der Waals surface area contributed by atoms with Crippen molar-refractivity contribution in [1.82, 2.24) is 9.97 Å². The van der Waals surface area contributed by atoms with Gasteiger partial charge in [0.05, 0.1) is 18.1 Å². The van der Waals surface area contributed by atoms with E-state index >= 15 is 0 Å². The second-order valence-corrected chi connectivity index (χ2v) is 11.6. The number of hydrogen-bond donors (Lipinski definition) is 0. The van der Waals surface area contributed by atoms with Crippen molar-refractivity contribution in [3.8, 4) is 23.2 Å². The summed E-state index contributed by atoms with van der Waals surface area (Å²) in [5, 5.41) is 9.89. The maximum atomic E-state index is 9.89. The number of nitriles is 1. The predicted octanol–water partition coefficient (Wildman–Crippen LogP) is 9.88. The number of aryl methyl sites for hydroxylation is 1. The Morgan fingerprint density at radius 2 is 1.39 bits per heavy atom. The molecule has 0 amide bonds. The summed E-state index contributed by atoms with van der Waals surface area (Å²) in [4.78, 5) is 9.22. The first-order valence-electron chi connectivity index (χ1n) is 15.6. The van der Waals surface area contributed by atoms with Crippen LogP contribution in [0.1, 0.15) is 129 Å². The molecule has 1 aromatic carbocycles. The van der Waals surface area contributed by atoms with E-state index in [0.717, 1.165) is 62.3 Å². The van der Waals surface area contributed by atoms with Crippen LogP contribution in [0, 0.1) is 22.7 Å². The van der Waals surface area contributed by atoms with E-state index in [4.69, 9.17) is 4.74 Å². The lowest BCUT2D eigenvalue weighted by molar-refractivity contribution is 0.144. The standard InChI is InChI=1S/C34H51N3O/c1-3-5-7-9-11-13-15-30-25-36-33(37-26-30)31-16-18-32(19-17-31)38-27-29-20-23-34(28-35,24-21-29)22-14-12-10-8-6-4-2/h16-19,25-26,29H,3-15,20-24,27H2,1-2H3. The van der Waals surface area contributed by atoms with Crippen molar-refractivity contribution in [1.29, 1.82) is 5.26 Å². The number of ether oxygens (including phenoxy) is 1. The minimum atomic E-state index is -0.0902. The molecule has 208 valence electrons. The Kier molecular flexibility index (Phi) is 13.7. The van der Waals surface area contributed by atoms with Crippen LogP contribution in [-0.2, 0) is 6.42 Å². The molecule has 0 atom stereocenters. The van der Waals surface area contributed by atoms with Crippen molar-refractivity contribution in [2.75, 3.05) is 6.61 Å². The second kappa shape index (κ2) is 17.2. The van der Waals surface area contributed by atoms with E-state index in [0.29, 0.717) is 5.92 Å². The lowest BCUT2D eigenvalue weighted by Crippen LogP contribution is -2.28. The summed E-state index contributed by atoms with van der Waals surface area (Å²) in [7, 11) is 0. The summed E-state index contributed by atoms with van der Waals surface area (Å²) in [6.07, 6.45) is 26.0. The highest BCUT2D eigenvalue weighted by molar-refractivity contribution is 5.55. The van der Waals surface area contributed by atoms with Crippen LogP contribution >= 0.6 is 0 Å². The summed E-state index contributed by atoms with van der Waals surface area (Å²) in [5.41, 5.74) is 2.16. The van der Waals surface area contributed by atoms with E-state index in [1.807, 2.05) is 24.5 Å². The van der Waals surface area contributed by atoms with Crippen molar-refractivity contribution in [2.45, 2.75) is 129 Å². The van der Waals surface area contributed by atoms with E-state index in [2.05, 4.69) is 42.0 Å². The molecule has 1 heterocycles. The Labute approximate surface area is 232 Å². The van der Waals surface area contributed by atoms with Gasteiger partial charge in [0.15, 0.2) is 5.82 Å². The highest BCUT2D eigenvalue weighted by atomic mass is 16.5. The molecular weight excluding hydrogens is 466 g/mol. The molecule has 0 spiro atoms. The van der Waals surface area contributed by atoms with Gasteiger partial charge in [-0.2, -0.15) is 5.26 Å². The van der Waals surface area contributed by atoms with Gasteiger partial charge in [-0.15, -0.1) is 0 Å². The maximum Gasteiger partial charge on any atom is 0.159 e. The van der Waals surface area contributed by atoms with Crippen molar-refractivity contribution >= 4 is 0 Å². The van der Waals surface area contributed by atoms with Crippen LogP contribution in [-0.4, -0.2) is 16.6 Å². The summed E-state index contributed by atoms with van der Waals surface area (Å²) < 4.78 is 6.15. The maximum absolute atomic E-state index is 9.89. The molecule has 4 nitrogen and oxygen atoms in total. The van der Waals surface area contributed by atoms with Gasteiger partial charge < -0.3 is 4.74 Å². The fourth-order valence-corrected chi connectivity index (χ4v) is 5.71. The zero-order chi connectivity index (χ0) is 26.9. The predicted molar refractivity (Wildman–Crippen MR) is 158 cm³/mol. The Morgan fingerprint density at radius 1 is 0.816 bits per heavy atom. The molecule has 1 aliphatic carbocycles. The van der Waals surface area contributed by atoms with Crippen LogP contribution in [0.15, 0.2) is 36.7 Å². The molecule has 1 aliphatic rings. The molecule has 4 heteroatoms. The van der Waals surface area contributed by atoms with Crippen LogP contribution in [0.4, 0.5) is 0 Å². The zero-order valence-corrected chi connectivity index (χ0v) is 24.2. The van der Waals surface area contributed by atoms with Crippen LogP contribution < -0.4 is 4.74 Å². The Bertz CT molecular complexity index is 924. The van der Waals surface area contributed by atoms with Crippen LogP contribution in [0.3, 0.4) is 0 Å². The highest BCUT2D eigenvalue weighted by Gasteiger charge is 2.35. The minimum absolute atomic E-state index is 0.0902. The smallest absolute Gasteiger partial charge is 0.159 e. The van der Waals surface area contributed by atoms with E-state index in [1.165, 1.54) is 82.6 Å². The molecule has 38 heavy (non-hydrogen) atoms. The zero-order valence-electron chi connectivity index (χ0n) is 24.2. The van der Waals surface area contributed by atoms with E-state index in [-0.39, 0.29) is 5.41 Å². The fourth-order valence-electron chi connectivity index (χ4n) is 5.71. The molecule has 2 aromatic rings. The van der Waals surface area contributed by atoms with Gasteiger partial charge in [0.1, 0.15) is 5.75 Å². The molecular formula is C34H51N3O. The third kappa shape index (κ3) is 10.4. The van der Waals surface area contributed by atoms with Gasteiger partial charge in [0.25, 0.3) is 0 Å². The Morgan fingerprint density at radius 3 is 2.00 bits per heavy atom. The Balaban J connectivity index is 1.36. The minimum Gasteiger partial charge on any atom is -0.493 e. The van der Waals surface area contributed by atoms with Gasteiger partial charge in [-0.05, 0) is 80.7 Å². The second-order valence-electron chi connectivity index (χ2n) is 11.6. The first-order valence-corrected chi connectivity index (χ1v) is 15.6. The largest absolute Gasteiger partial charge is 0.493 e. The van der Waals surface area contributed by atoms with Gasteiger partial charge in [0, 0.05) is 18.0 Å². The summed E-state index contributed by atoms with van der Waals surface area (Å²) in [5.74, 6) is 2.22.